The highest BCUT2D eigenvalue weighted by Crippen LogP contribution is 2.18. The number of hydrogen-bond acceptors (Lipinski definition) is 4. The maximum atomic E-state index is 12.1. The van der Waals surface area contributed by atoms with Crippen molar-refractivity contribution in [2.45, 2.75) is 45.3 Å². The number of amides is 2. The van der Waals surface area contributed by atoms with Gasteiger partial charge in [-0.2, -0.15) is 0 Å². The first-order chi connectivity index (χ1) is 13.7. The zero-order valence-corrected chi connectivity index (χ0v) is 16.6. The largest absolute Gasteiger partial charge is 0.489 e. The molecule has 2 aromatic rings. The van der Waals surface area contributed by atoms with Crippen LogP contribution in [0.4, 0.5) is 10.6 Å². The number of anilines is 1. The Morgan fingerprint density at radius 3 is 2.61 bits per heavy atom. The number of urea groups is 1. The van der Waals surface area contributed by atoms with Crippen LogP contribution in [-0.4, -0.2) is 36.8 Å². The molecule has 1 aliphatic rings. The monoisotopic (exact) mass is 382 g/mol. The normalized spacial score (nSPS) is 15.4. The van der Waals surface area contributed by atoms with Crippen molar-refractivity contribution in [2.75, 3.05) is 24.5 Å². The van der Waals surface area contributed by atoms with Crippen molar-refractivity contribution in [1.29, 1.82) is 0 Å². The average molecular weight is 383 g/mol. The molecule has 0 radical (unpaired) electrons. The molecule has 6 nitrogen and oxygen atoms in total. The SMILES string of the molecule is CC(CNC(=O)NCc1ccnc(N2CCCCCC2)c1)Oc1ccccc1. The zero-order chi connectivity index (χ0) is 19.6. The molecule has 0 bridgehead atoms. The molecule has 1 aliphatic heterocycles. The fraction of sp³-hybridized carbons (Fsp3) is 0.455. The zero-order valence-electron chi connectivity index (χ0n) is 16.6. The van der Waals surface area contributed by atoms with Crippen LogP contribution in [0.15, 0.2) is 48.7 Å². The van der Waals surface area contributed by atoms with E-state index in [9.17, 15) is 4.79 Å². The van der Waals surface area contributed by atoms with Crippen LogP contribution in [0.1, 0.15) is 38.2 Å². The molecule has 0 aliphatic carbocycles. The number of ether oxygens (including phenoxy) is 1. The summed E-state index contributed by atoms with van der Waals surface area (Å²) in [5, 5.41) is 5.77. The molecule has 2 heterocycles. The smallest absolute Gasteiger partial charge is 0.315 e. The Bertz CT molecular complexity index is 730. The molecular weight excluding hydrogens is 352 g/mol. The lowest BCUT2D eigenvalue weighted by Crippen LogP contribution is -2.40. The fourth-order valence-corrected chi connectivity index (χ4v) is 3.30. The molecule has 3 rings (SSSR count). The van der Waals surface area contributed by atoms with Crippen molar-refractivity contribution in [2.24, 2.45) is 0 Å². The van der Waals surface area contributed by atoms with E-state index in [2.05, 4.69) is 26.6 Å². The van der Waals surface area contributed by atoms with Crippen LogP contribution < -0.4 is 20.3 Å². The van der Waals surface area contributed by atoms with Crippen LogP contribution in [0.5, 0.6) is 5.75 Å². The van der Waals surface area contributed by atoms with Gasteiger partial charge in [-0.1, -0.05) is 31.0 Å². The van der Waals surface area contributed by atoms with Crippen LogP contribution in [-0.2, 0) is 6.54 Å². The van der Waals surface area contributed by atoms with Gasteiger partial charge in [0.15, 0.2) is 0 Å². The number of nitrogens with one attached hydrogen (secondary N) is 2. The van der Waals surface area contributed by atoms with E-state index in [0.29, 0.717) is 13.1 Å². The lowest BCUT2D eigenvalue weighted by molar-refractivity contribution is 0.207. The molecule has 1 saturated heterocycles. The molecule has 0 spiro atoms. The highest BCUT2D eigenvalue weighted by atomic mass is 16.5. The first kappa shape index (κ1) is 20.0. The molecule has 1 aromatic carbocycles. The number of hydrogen-bond donors (Lipinski definition) is 2. The van der Waals surface area contributed by atoms with Gasteiger partial charge in [0.2, 0.25) is 0 Å². The van der Waals surface area contributed by atoms with Crippen molar-refractivity contribution < 1.29 is 9.53 Å². The Labute approximate surface area is 167 Å². The second-order valence-electron chi connectivity index (χ2n) is 7.23. The molecule has 1 fully saturated rings. The van der Waals surface area contributed by atoms with Gasteiger partial charge in [-0.15, -0.1) is 0 Å². The van der Waals surface area contributed by atoms with Gasteiger partial charge < -0.3 is 20.3 Å². The van der Waals surface area contributed by atoms with Crippen molar-refractivity contribution in [3.8, 4) is 5.75 Å². The lowest BCUT2D eigenvalue weighted by atomic mass is 10.2. The Morgan fingerprint density at radius 2 is 1.86 bits per heavy atom. The van der Waals surface area contributed by atoms with Gasteiger partial charge in [-0.05, 0) is 49.6 Å². The predicted molar refractivity (Wildman–Crippen MR) is 112 cm³/mol. The number of nitrogens with zero attached hydrogens (tertiary/aromatic N) is 2. The highest BCUT2D eigenvalue weighted by Gasteiger charge is 2.12. The summed E-state index contributed by atoms with van der Waals surface area (Å²) < 4.78 is 5.76. The molecule has 1 atom stereocenters. The molecule has 1 unspecified atom stereocenters. The van der Waals surface area contributed by atoms with Crippen molar-refractivity contribution in [1.82, 2.24) is 15.6 Å². The number of pyridine rings is 1. The number of carbonyl (C=O) groups is 1. The highest BCUT2D eigenvalue weighted by molar-refractivity contribution is 5.73. The summed E-state index contributed by atoms with van der Waals surface area (Å²) >= 11 is 0. The minimum atomic E-state index is -0.198. The summed E-state index contributed by atoms with van der Waals surface area (Å²) in [5.41, 5.74) is 1.05. The van der Waals surface area contributed by atoms with E-state index in [0.717, 1.165) is 30.2 Å². The molecule has 2 N–H and O–H groups in total. The molecular formula is C22H30N4O2. The van der Waals surface area contributed by atoms with Crippen LogP contribution in [0.3, 0.4) is 0 Å². The van der Waals surface area contributed by atoms with Crippen molar-refractivity contribution in [3.63, 3.8) is 0 Å². The van der Waals surface area contributed by atoms with E-state index in [-0.39, 0.29) is 12.1 Å². The maximum Gasteiger partial charge on any atom is 0.315 e. The fourth-order valence-electron chi connectivity index (χ4n) is 3.30. The number of aromatic nitrogens is 1. The van der Waals surface area contributed by atoms with Gasteiger partial charge >= 0.3 is 6.03 Å². The molecule has 0 saturated carbocycles. The lowest BCUT2D eigenvalue weighted by Gasteiger charge is -2.22. The molecule has 150 valence electrons. The number of rotatable bonds is 7. The first-order valence-electron chi connectivity index (χ1n) is 10.1. The van der Waals surface area contributed by atoms with Crippen LogP contribution in [0.2, 0.25) is 0 Å². The van der Waals surface area contributed by atoms with Crippen LogP contribution in [0, 0.1) is 0 Å². The Balaban J connectivity index is 1.42. The summed E-state index contributed by atoms with van der Waals surface area (Å²) in [4.78, 5) is 19.0. The summed E-state index contributed by atoms with van der Waals surface area (Å²) in [6.45, 7) is 4.97. The first-order valence-corrected chi connectivity index (χ1v) is 10.1. The molecule has 2 amide bonds. The average Bonchev–Trinajstić information content (AvgIpc) is 3.01. The third-order valence-corrected chi connectivity index (χ3v) is 4.82. The Kier molecular flexibility index (Phi) is 7.53. The van der Waals surface area contributed by atoms with Crippen molar-refractivity contribution in [3.05, 3.63) is 54.2 Å². The molecule has 6 heteroatoms. The number of para-hydroxylation sites is 1. The van der Waals surface area contributed by atoms with Gasteiger partial charge in [0.25, 0.3) is 0 Å². The van der Waals surface area contributed by atoms with E-state index >= 15 is 0 Å². The second-order valence-corrected chi connectivity index (χ2v) is 7.23. The van der Waals surface area contributed by atoms with Crippen LogP contribution >= 0.6 is 0 Å². The number of carbonyl (C=O) groups excluding carboxylic acids is 1. The van der Waals surface area contributed by atoms with E-state index < -0.39 is 0 Å². The summed E-state index contributed by atoms with van der Waals surface area (Å²) in [5.74, 6) is 1.81. The van der Waals surface area contributed by atoms with Gasteiger partial charge in [-0.25, -0.2) is 9.78 Å². The quantitative estimate of drug-likeness (QED) is 0.766. The summed E-state index contributed by atoms with van der Waals surface area (Å²) in [7, 11) is 0. The van der Waals surface area contributed by atoms with E-state index in [1.165, 1.54) is 25.7 Å². The Morgan fingerprint density at radius 1 is 1.11 bits per heavy atom. The van der Waals surface area contributed by atoms with Gasteiger partial charge in [0.05, 0.1) is 6.54 Å². The predicted octanol–water partition coefficient (Wildman–Crippen LogP) is 3.73. The van der Waals surface area contributed by atoms with Gasteiger partial charge in [-0.3, -0.25) is 0 Å². The van der Waals surface area contributed by atoms with Crippen LogP contribution in [0.25, 0.3) is 0 Å². The second kappa shape index (κ2) is 10.5. The van der Waals surface area contributed by atoms with Crippen molar-refractivity contribution >= 4 is 11.8 Å². The molecule has 1 aromatic heterocycles. The topological polar surface area (TPSA) is 66.5 Å². The third kappa shape index (κ3) is 6.44. The molecule has 28 heavy (non-hydrogen) atoms. The third-order valence-electron chi connectivity index (χ3n) is 4.82. The minimum Gasteiger partial charge on any atom is -0.489 e. The summed E-state index contributed by atoms with van der Waals surface area (Å²) in [6, 6.07) is 13.4. The maximum absolute atomic E-state index is 12.1. The van der Waals surface area contributed by atoms with Gasteiger partial charge in [0, 0.05) is 25.8 Å². The Hall–Kier alpha value is -2.76. The number of benzene rings is 1. The standard InChI is InChI=1S/C22H30N4O2/c1-18(28-20-9-5-4-6-10-20)16-24-22(27)25-17-19-11-12-23-21(15-19)26-13-7-2-3-8-14-26/h4-6,9-12,15,18H,2-3,7-8,13-14,16-17H2,1H3,(H2,24,25,27). The van der Waals surface area contributed by atoms with Gasteiger partial charge in [0.1, 0.15) is 17.7 Å². The van der Waals surface area contributed by atoms with E-state index in [1.807, 2.05) is 49.5 Å². The minimum absolute atomic E-state index is 0.108. The van der Waals surface area contributed by atoms with E-state index in [4.69, 9.17) is 4.74 Å². The summed E-state index contributed by atoms with van der Waals surface area (Å²) in [6.07, 6.45) is 6.74. The van der Waals surface area contributed by atoms with E-state index in [1.54, 1.807) is 0 Å².